The van der Waals surface area contributed by atoms with Gasteiger partial charge >= 0.3 is 0 Å². The average molecular weight is 341 g/mol. The predicted molar refractivity (Wildman–Crippen MR) is 78.2 cm³/mol. The van der Waals surface area contributed by atoms with E-state index < -0.39 is 5.82 Å². The highest BCUT2D eigenvalue weighted by molar-refractivity contribution is 9.10. The fourth-order valence-electron chi connectivity index (χ4n) is 1.98. The van der Waals surface area contributed by atoms with Crippen LogP contribution in [0.15, 0.2) is 40.9 Å². The molecule has 0 aliphatic rings. The first-order valence-electron chi connectivity index (χ1n) is 5.45. The molecule has 3 aromatic rings. The van der Waals surface area contributed by atoms with E-state index in [-0.39, 0.29) is 11.0 Å². The second-order valence-corrected chi connectivity index (χ2v) is 5.36. The molecule has 2 aromatic carbocycles. The van der Waals surface area contributed by atoms with Crippen LogP contribution in [0.25, 0.3) is 16.7 Å². The zero-order valence-electron chi connectivity index (χ0n) is 9.57. The number of fused-ring (bicyclic) bond motifs is 1. The topological polar surface area (TPSA) is 43.8 Å². The molecule has 0 amide bonds. The minimum absolute atomic E-state index is 0.0450. The molecular formula is C13H8BrClFN3. The minimum Gasteiger partial charge on any atom is -0.369 e. The summed E-state index contributed by atoms with van der Waals surface area (Å²) in [5.41, 5.74) is 7.88. The van der Waals surface area contributed by atoms with Crippen molar-refractivity contribution in [1.29, 1.82) is 0 Å². The Labute approximate surface area is 121 Å². The first-order valence-corrected chi connectivity index (χ1v) is 6.62. The maximum atomic E-state index is 13.4. The second kappa shape index (κ2) is 4.51. The van der Waals surface area contributed by atoms with Gasteiger partial charge in [-0.1, -0.05) is 33.6 Å². The van der Waals surface area contributed by atoms with E-state index in [0.29, 0.717) is 11.0 Å². The zero-order valence-corrected chi connectivity index (χ0v) is 11.9. The van der Waals surface area contributed by atoms with Gasteiger partial charge in [-0.15, -0.1) is 0 Å². The van der Waals surface area contributed by atoms with Crippen LogP contribution in [0.5, 0.6) is 0 Å². The second-order valence-electron chi connectivity index (χ2n) is 4.04. The van der Waals surface area contributed by atoms with Gasteiger partial charge in [0.2, 0.25) is 5.95 Å². The van der Waals surface area contributed by atoms with Gasteiger partial charge < -0.3 is 5.73 Å². The molecule has 0 bridgehead atoms. The lowest BCUT2D eigenvalue weighted by atomic mass is 10.2. The van der Waals surface area contributed by atoms with E-state index in [4.69, 9.17) is 17.3 Å². The predicted octanol–water partition coefficient (Wildman–Crippen LogP) is 4.16. The molecule has 0 saturated carbocycles. The highest BCUT2D eigenvalue weighted by Crippen LogP contribution is 2.28. The third-order valence-electron chi connectivity index (χ3n) is 2.79. The Morgan fingerprint density at radius 3 is 2.79 bits per heavy atom. The van der Waals surface area contributed by atoms with E-state index in [1.54, 1.807) is 4.57 Å². The maximum Gasteiger partial charge on any atom is 0.205 e. The normalized spacial score (nSPS) is 11.1. The van der Waals surface area contributed by atoms with E-state index in [0.717, 1.165) is 10.2 Å². The number of imidazole rings is 1. The summed E-state index contributed by atoms with van der Waals surface area (Å²) in [7, 11) is 0. The van der Waals surface area contributed by atoms with Crippen LogP contribution in [0.2, 0.25) is 5.02 Å². The number of hydrogen-bond donors (Lipinski definition) is 1. The van der Waals surface area contributed by atoms with Crippen molar-refractivity contribution in [2.45, 2.75) is 0 Å². The molecule has 6 heteroatoms. The Morgan fingerprint density at radius 1 is 1.26 bits per heavy atom. The number of hydrogen-bond acceptors (Lipinski definition) is 2. The fourth-order valence-corrected chi connectivity index (χ4v) is 2.52. The van der Waals surface area contributed by atoms with Crippen LogP contribution in [0.4, 0.5) is 10.3 Å². The van der Waals surface area contributed by atoms with E-state index in [1.807, 2.05) is 24.3 Å². The smallest absolute Gasteiger partial charge is 0.205 e. The molecule has 0 unspecified atom stereocenters. The molecule has 0 saturated heterocycles. The van der Waals surface area contributed by atoms with Crippen LogP contribution in [0, 0.1) is 5.82 Å². The Balaban J connectivity index is 2.34. The molecular weight excluding hydrogens is 333 g/mol. The molecule has 0 spiro atoms. The first-order chi connectivity index (χ1) is 9.06. The number of benzene rings is 2. The maximum absolute atomic E-state index is 13.4. The zero-order chi connectivity index (χ0) is 13.6. The summed E-state index contributed by atoms with van der Waals surface area (Å²) < 4.78 is 16.1. The van der Waals surface area contributed by atoms with Crippen molar-refractivity contribution in [1.82, 2.24) is 9.55 Å². The van der Waals surface area contributed by atoms with Crippen LogP contribution < -0.4 is 5.73 Å². The SMILES string of the molecule is Nc1nc2cc(F)c(Cl)cc2n1-c1cccc(Br)c1. The number of anilines is 1. The highest BCUT2D eigenvalue weighted by atomic mass is 79.9. The van der Waals surface area contributed by atoms with E-state index in [2.05, 4.69) is 20.9 Å². The van der Waals surface area contributed by atoms with Crippen molar-refractivity contribution in [2.24, 2.45) is 0 Å². The molecule has 1 heterocycles. The Bertz CT molecular complexity index is 785. The van der Waals surface area contributed by atoms with E-state index in [1.165, 1.54) is 12.1 Å². The van der Waals surface area contributed by atoms with E-state index >= 15 is 0 Å². The van der Waals surface area contributed by atoms with Crippen molar-refractivity contribution in [3.63, 3.8) is 0 Å². The third-order valence-corrected chi connectivity index (χ3v) is 3.57. The molecule has 96 valence electrons. The van der Waals surface area contributed by atoms with Gasteiger partial charge in [0, 0.05) is 10.5 Å². The number of rotatable bonds is 1. The molecule has 0 atom stereocenters. The first kappa shape index (κ1) is 12.4. The standard InChI is InChI=1S/C13H8BrClFN3/c14-7-2-1-3-8(4-7)19-12-5-9(15)10(16)6-11(12)18-13(19)17/h1-6H,(H2,17,18). The third kappa shape index (κ3) is 2.09. The van der Waals surface area contributed by atoms with Gasteiger partial charge in [0.15, 0.2) is 0 Å². The molecule has 0 radical (unpaired) electrons. The quantitative estimate of drug-likeness (QED) is 0.723. The molecule has 3 rings (SSSR count). The van der Waals surface area contributed by atoms with Gasteiger partial charge in [-0.3, -0.25) is 4.57 Å². The van der Waals surface area contributed by atoms with Gasteiger partial charge in [0.25, 0.3) is 0 Å². The van der Waals surface area contributed by atoms with Crippen LogP contribution in [0.3, 0.4) is 0 Å². The summed E-state index contributed by atoms with van der Waals surface area (Å²) in [6, 6.07) is 10.4. The van der Waals surface area contributed by atoms with Crippen LogP contribution in [-0.2, 0) is 0 Å². The van der Waals surface area contributed by atoms with Crippen molar-refractivity contribution in [2.75, 3.05) is 5.73 Å². The van der Waals surface area contributed by atoms with Crippen LogP contribution in [0.1, 0.15) is 0 Å². The van der Waals surface area contributed by atoms with Crippen molar-refractivity contribution in [3.8, 4) is 5.69 Å². The summed E-state index contributed by atoms with van der Waals surface area (Å²) in [4.78, 5) is 4.15. The molecule has 0 fully saturated rings. The van der Waals surface area contributed by atoms with Gasteiger partial charge in [0.1, 0.15) is 5.82 Å². The Morgan fingerprint density at radius 2 is 2.05 bits per heavy atom. The molecule has 0 aliphatic carbocycles. The molecule has 2 N–H and O–H groups in total. The molecule has 3 nitrogen and oxygen atoms in total. The number of nitrogens with two attached hydrogens (primary N) is 1. The van der Waals surface area contributed by atoms with Gasteiger partial charge in [0.05, 0.1) is 21.7 Å². The number of nitrogens with zero attached hydrogens (tertiary/aromatic N) is 2. The minimum atomic E-state index is -0.506. The van der Waals surface area contributed by atoms with Gasteiger partial charge in [-0.2, -0.15) is 0 Å². The van der Waals surface area contributed by atoms with Crippen LogP contribution in [-0.4, -0.2) is 9.55 Å². The lowest BCUT2D eigenvalue weighted by Crippen LogP contribution is -2.00. The molecule has 0 aliphatic heterocycles. The average Bonchev–Trinajstić information content (AvgIpc) is 2.65. The number of aromatic nitrogens is 2. The lowest BCUT2D eigenvalue weighted by Gasteiger charge is -2.07. The van der Waals surface area contributed by atoms with E-state index in [9.17, 15) is 4.39 Å². The summed E-state index contributed by atoms with van der Waals surface area (Å²) >= 11 is 9.22. The van der Waals surface area contributed by atoms with Gasteiger partial charge in [-0.25, -0.2) is 9.37 Å². The lowest BCUT2D eigenvalue weighted by molar-refractivity contribution is 0.630. The van der Waals surface area contributed by atoms with Crippen molar-refractivity contribution >= 4 is 44.5 Å². The highest BCUT2D eigenvalue weighted by Gasteiger charge is 2.13. The Kier molecular flexibility index (Phi) is 2.95. The molecule has 1 aromatic heterocycles. The fraction of sp³-hybridized carbons (Fsp3) is 0. The van der Waals surface area contributed by atoms with Crippen LogP contribution >= 0.6 is 27.5 Å². The summed E-state index contributed by atoms with van der Waals surface area (Å²) in [6.07, 6.45) is 0. The van der Waals surface area contributed by atoms with Crippen molar-refractivity contribution < 1.29 is 4.39 Å². The molecule has 19 heavy (non-hydrogen) atoms. The monoisotopic (exact) mass is 339 g/mol. The summed E-state index contributed by atoms with van der Waals surface area (Å²) in [6.45, 7) is 0. The number of nitrogen functional groups attached to an aromatic ring is 1. The number of halogens is 3. The van der Waals surface area contributed by atoms with Gasteiger partial charge in [-0.05, 0) is 24.3 Å². The largest absolute Gasteiger partial charge is 0.369 e. The Hall–Kier alpha value is -1.59. The van der Waals surface area contributed by atoms with Crippen molar-refractivity contribution in [3.05, 3.63) is 51.7 Å². The summed E-state index contributed by atoms with van der Waals surface area (Å²) in [5.74, 6) is -0.220. The summed E-state index contributed by atoms with van der Waals surface area (Å²) in [5, 5.41) is 0.0450.